The Hall–Kier alpha value is -3.44. The van der Waals surface area contributed by atoms with Crippen molar-refractivity contribution in [3.8, 4) is 0 Å². The lowest BCUT2D eigenvalue weighted by atomic mass is 9.54. The van der Waals surface area contributed by atoms with Crippen LogP contribution in [-0.4, -0.2) is 23.9 Å². The molecule has 1 fully saturated rings. The summed E-state index contributed by atoms with van der Waals surface area (Å²) in [7, 11) is 0. The highest BCUT2D eigenvalue weighted by molar-refractivity contribution is 6.33. The van der Waals surface area contributed by atoms with E-state index in [2.05, 4.69) is 0 Å². The lowest BCUT2D eigenvalue weighted by Gasteiger charge is -2.50. The Morgan fingerprint density at radius 1 is 0.912 bits per heavy atom. The van der Waals surface area contributed by atoms with Crippen molar-refractivity contribution in [2.45, 2.75) is 30.7 Å². The van der Waals surface area contributed by atoms with Crippen LogP contribution in [0.25, 0.3) is 0 Å². The Balaban J connectivity index is 1.49. The monoisotopic (exact) mass is 471 g/mol. The smallest absolute Gasteiger partial charge is 0.338 e. The predicted octanol–water partition coefficient (Wildman–Crippen LogP) is 5.00. The number of nitrogens with zero attached hydrogens (tertiary/aromatic N) is 1. The molecule has 2 atom stereocenters. The number of carbonyl (C=O) groups is 3. The number of hydrogen-bond donors (Lipinski definition) is 0. The lowest BCUT2D eigenvalue weighted by molar-refractivity contribution is -0.122. The molecule has 3 aromatic carbocycles. The van der Waals surface area contributed by atoms with E-state index in [1.54, 1.807) is 38.1 Å². The maximum Gasteiger partial charge on any atom is 0.338 e. The Kier molecular flexibility index (Phi) is 4.52. The third kappa shape index (κ3) is 2.65. The number of halogens is 1. The number of hydrogen-bond acceptors (Lipinski definition) is 4. The van der Waals surface area contributed by atoms with Crippen LogP contribution in [0.15, 0.2) is 72.8 Å². The first-order valence-corrected chi connectivity index (χ1v) is 11.8. The van der Waals surface area contributed by atoms with Crippen LogP contribution in [0.5, 0.6) is 0 Å². The molecule has 1 aliphatic heterocycles. The zero-order valence-electron chi connectivity index (χ0n) is 18.7. The Labute approximate surface area is 202 Å². The van der Waals surface area contributed by atoms with Gasteiger partial charge in [-0.1, -0.05) is 54.6 Å². The van der Waals surface area contributed by atoms with Gasteiger partial charge in [-0.3, -0.25) is 9.59 Å². The number of alkyl halides is 1. The Bertz CT molecular complexity index is 1330. The molecule has 0 N–H and O–H groups in total. The first kappa shape index (κ1) is 21.1. The number of esters is 1. The summed E-state index contributed by atoms with van der Waals surface area (Å²) in [6.07, 6.45) is -0.280. The molecule has 5 nitrogen and oxygen atoms in total. The van der Waals surface area contributed by atoms with Crippen LogP contribution in [0, 0.1) is 11.8 Å². The molecule has 0 saturated carbocycles. The lowest BCUT2D eigenvalue weighted by Crippen LogP contribution is -2.50. The van der Waals surface area contributed by atoms with Gasteiger partial charge in [-0.25, -0.2) is 9.69 Å². The number of amides is 2. The van der Waals surface area contributed by atoms with Crippen molar-refractivity contribution in [1.82, 2.24) is 0 Å². The van der Waals surface area contributed by atoms with Gasteiger partial charge in [0, 0.05) is 5.92 Å². The molecule has 3 aliphatic carbocycles. The molecule has 4 aliphatic rings. The van der Waals surface area contributed by atoms with Crippen LogP contribution in [-0.2, 0) is 19.2 Å². The fraction of sp³-hybridized carbons (Fsp3) is 0.250. The van der Waals surface area contributed by atoms with Crippen molar-refractivity contribution in [2.75, 3.05) is 4.90 Å². The van der Waals surface area contributed by atoms with E-state index in [9.17, 15) is 14.4 Å². The molecule has 0 aromatic heterocycles. The molecule has 6 heteroatoms. The van der Waals surface area contributed by atoms with Gasteiger partial charge in [-0.15, -0.1) is 11.6 Å². The fourth-order valence-electron chi connectivity index (χ4n) is 5.99. The number of ether oxygens (including phenoxy) is 1. The van der Waals surface area contributed by atoms with Crippen molar-refractivity contribution < 1.29 is 19.1 Å². The summed E-state index contributed by atoms with van der Waals surface area (Å²) in [5.41, 5.74) is 4.41. The molecule has 1 saturated heterocycles. The average Bonchev–Trinajstić information content (AvgIpc) is 3.10. The van der Waals surface area contributed by atoms with E-state index in [1.807, 2.05) is 48.5 Å². The molecule has 0 radical (unpaired) electrons. The number of imide groups is 1. The zero-order chi connectivity index (χ0) is 23.8. The molecule has 170 valence electrons. The van der Waals surface area contributed by atoms with E-state index >= 15 is 0 Å². The number of benzene rings is 3. The van der Waals surface area contributed by atoms with Crippen LogP contribution in [0.4, 0.5) is 5.69 Å². The maximum atomic E-state index is 13.9. The highest BCUT2D eigenvalue weighted by Crippen LogP contribution is 2.65. The molecular weight excluding hydrogens is 450 g/mol. The summed E-state index contributed by atoms with van der Waals surface area (Å²) in [6.45, 7) is 3.54. The van der Waals surface area contributed by atoms with Gasteiger partial charge in [0.1, 0.15) is 4.87 Å². The standard InChI is InChI=1S/C28H22ClNO4/c1-15(2)34-27(33)16-8-7-9-17(14-16)30-25(31)23-22-18-10-3-5-12-20(18)28(29,24(23)26(30)32)21-13-6-4-11-19(21)22/h3-15,22-24H,1-2H3/t22?,23-,24+,28?/m1/s1. The van der Waals surface area contributed by atoms with E-state index in [1.165, 1.54) is 4.90 Å². The summed E-state index contributed by atoms with van der Waals surface area (Å²) in [6, 6.07) is 22.2. The Morgan fingerprint density at radius 2 is 1.53 bits per heavy atom. The third-order valence-corrected chi connectivity index (χ3v) is 7.84. The van der Waals surface area contributed by atoms with E-state index in [0.717, 1.165) is 22.3 Å². The van der Waals surface area contributed by atoms with Gasteiger partial charge < -0.3 is 4.74 Å². The quantitative estimate of drug-likeness (QED) is 0.306. The van der Waals surface area contributed by atoms with Crippen molar-refractivity contribution in [3.63, 3.8) is 0 Å². The van der Waals surface area contributed by atoms with Gasteiger partial charge in [0.2, 0.25) is 11.8 Å². The minimum atomic E-state index is -1.14. The van der Waals surface area contributed by atoms with Crippen molar-refractivity contribution in [3.05, 3.63) is 101 Å². The van der Waals surface area contributed by atoms with Gasteiger partial charge in [0.25, 0.3) is 0 Å². The van der Waals surface area contributed by atoms with Crippen molar-refractivity contribution in [2.24, 2.45) is 11.8 Å². The summed E-state index contributed by atoms with van der Waals surface area (Å²) in [4.78, 5) is 40.4. The van der Waals surface area contributed by atoms with Crippen LogP contribution >= 0.6 is 11.6 Å². The topological polar surface area (TPSA) is 63.7 Å². The highest BCUT2D eigenvalue weighted by atomic mass is 35.5. The first-order chi connectivity index (χ1) is 16.3. The summed E-state index contributed by atoms with van der Waals surface area (Å²) in [5, 5.41) is 0. The second-order valence-electron chi connectivity index (χ2n) is 9.38. The van der Waals surface area contributed by atoms with Crippen molar-refractivity contribution in [1.29, 1.82) is 0 Å². The number of rotatable bonds is 3. The van der Waals surface area contributed by atoms with Crippen LogP contribution in [0.1, 0.15) is 52.4 Å². The first-order valence-electron chi connectivity index (χ1n) is 11.4. The average molecular weight is 472 g/mol. The van der Waals surface area contributed by atoms with Crippen molar-refractivity contribution >= 4 is 35.1 Å². The number of carbonyl (C=O) groups excluding carboxylic acids is 3. The van der Waals surface area contributed by atoms with E-state index in [4.69, 9.17) is 16.3 Å². The third-order valence-electron chi connectivity index (χ3n) is 7.20. The minimum absolute atomic E-state index is 0.256. The number of anilines is 1. The molecule has 0 spiro atoms. The molecule has 0 unspecified atom stereocenters. The predicted molar refractivity (Wildman–Crippen MR) is 128 cm³/mol. The molecule has 7 rings (SSSR count). The van der Waals surface area contributed by atoms with Gasteiger partial charge in [-0.2, -0.15) is 0 Å². The van der Waals surface area contributed by atoms with Crippen LogP contribution < -0.4 is 4.90 Å². The minimum Gasteiger partial charge on any atom is -0.459 e. The molecule has 3 aromatic rings. The van der Waals surface area contributed by atoms with Crippen LogP contribution in [0.2, 0.25) is 0 Å². The van der Waals surface area contributed by atoms with Gasteiger partial charge >= 0.3 is 5.97 Å². The highest BCUT2D eigenvalue weighted by Gasteiger charge is 2.68. The van der Waals surface area contributed by atoms with Gasteiger partial charge in [0.15, 0.2) is 0 Å². The molecule has 2 amide bonds. The van der Waals surface area contributed by atoms with Crippen LogP contribution in [0.3, 0.4) is 0 Å². The summed E-state index contributed by atoms with van der Waals surface area (Å²) >= 11 is 7.44. The van der Waals surface area contributed by atoms with E-state index in [0.29, 0.717) is 5.69 Å². The summed E-state index contributed by atoms with van der Waals surface area (Å²) in [5.74, 6) is -2.73. The second kappa shape index (κ2) is 7.28. The van der Waals surface area contributed by atoms with Gasteiger partial charge in [0.05, 0.1) is 29.2 Å². The maximum absolute atomic E-state index is 13.9. The fourth-order valence-corrected chi connectivity index (χ4v) is 6.56. The van der Waals surface area contributed by atoms with E-state index in [-0.39, 0.29) is 29.4 Å². The largest absolute Gasteiger partial charge is 0.459 e. The summed E-state index contributed by atoms with van der Waals surface area (Å²) < 4.78 is 5.30. The normalized spacial score (nSPS) is 26.4. The SMILES string of the molecule is CC(C)OC(=O)c1cccc(N2C(=O)[C@@H]3C4c5ccccc5C(Cl)(c5ccccc54)[C@@H]3C2=O)c1. The van der Waals surface area contributed by atoms with Gasteiger partial charge in [-0.05, 0) is 54.3 Å². The van der Waals surface area contributed by atoms with E-state index < -0.39 is 22.7 Å². The Morgan fingerprint density at radius 3 is 2.15 bits per heavy atom. The second-order valence-corrected chi connectivity index (χ2v) is 9.98. The molecule has 2 bridgehead atoms. The zero-order valence-corrected chi connectivity index (χ0v) is 19.5. The molecule has 34 heavy (non-hydrogen) atoms. The molecule has 1 heterocycles. The molecular formula is C28H22ClNO4.